The third kappa shape index (κ3) is 3.78. The third-order valence-corrected chi connectivity index (χ3v) is 4.38. The quantitative estimate of drug-likeness (QED) is 0.683. The minimum absolute atomic E-state index is 0.0305. The van der Waals surface area contributed by atoms with Crippen LogP contribution < -0.4 is 5.32 Å². The lowest BCUT2D eigenvalue weighted by Crippen LogP contribution is -2.53. The second-order valence-electron chi connectivity index (χ2n) is 5.52. The minimum atomic E-state index is -1.37. The first-order valence-electron chi connectivity index (χ1n) is 7.33. The number of aliphatic hydroxyl groups is 1. The Balaban J connectivity index is 1.64. The second-order valence-corrected chi connectivity index (χ2v) is 6.41. The van der Waals surface area contributed by atoms with Gasteiger partial charge in [-0.25, -0.2) is 0 Å². The molecule has 3 heterocycles. The van der Waals surface area contributed by atoms with E-state index >= 15 is 0 Å². The molecule has 0 unspecified atom stereocenters. The van der Waals surface area contributed by atoms with Crippen LogP contribution >= 0.6 is 11.3 Å². The molecule has 0 aliphatic carbocycles. The molecule has 0 radical (unpaired) electrons. The number of nitrogens with zero attached hydrogens (tertiary/aromatic N) is 3. The number of thiazole rings is 1. The molecule has 9 nitrogen and oxygen atoms in total. The van der Waals surface area contributed by atoms with Crippen LogP contribution in [0.3, 0.4) is 0 Å². The number of carbonyl (C=O) groups is 2. The van der Waals surface area contributed by atoms with Crippen LogP contribution in [-0.2, 0) is 4.74 Å². The van der Waals surface area contributed by atoms with Gasteiger partial charge in [-0.3, -0.25) is 19.7 Å². The Bertz CT molecular complexity index is 690. The van der Waals surface area contributed by atoms with E-state index in [9.17, 15) is 14.7 Å². The molecule has 2 aromatic rings. The molecule has 1 saturated heterocycles. The van der Waals surface area contributed by atoms with Gasteiger partial charge in [0.15, 0.2) is 0 Å². The Hall–Kier alpha value is -2.30. The van der Waals surface area contributed by atoms with Crippen molar-refractivity contribution >= 4 is 23.2 Å². The molecule has 128 valence electrons. The number of H-pyrrole nitrogens is 1. The number of rotatable bonds is 4. The van der Waals surface area contributed by atoms with Gasteiger partial charge in [0, 0.05) is 12.7 Å². The molecule has 0 saturated carbocycles. The number of β-amino-alcohol motifs (C(OH)–C–C–N with tert-alkyl or cyclic N) is 1. The fourth-order valence-corrected chi connectivity index (χ4v) is 2.98. The fraction of sp³-hybridized carbons (Fsp3) is 0.429. The van der Waals surface area contributed by atoms with Gasteiger partial charge in [-0.15, -0.1) is 11.3 Å². The molecule has 1 aliphatic rings. The van der Waals surface area contributed by atoms with Crippen LogP contribution in [0.25, 0.3) is 0 Å². The lowest BCUT2D eigenvalue weighted by atomic mass is 10.0. The minimum Gasteiger partial charge on any atom is -0.384 e. The zero-order valence-electron chi connectivity index (χ0n) is 12.8. The summed E-state index contributed by atoms with van der Waals surface area (Å²) >= 11 is 1.24. The van der Waals surface area contributed by atoms with Crippen molar-refractivity contribution in [3.8, 4) is 0 Å². The van der Waals surface area contributed by atoms with E-state index < -0.39 is 5.60 Å². The van der Waals surface area contributed by atoms with Gasteiger partial charge in [0.05, 0.1) is 38.0 Å². The van der Waals surface area contributed by atoms with Crippen molar-refractivity contribution in [3.63, 3.8) is 0 Å². The number of hydrogen-bond donors (Lipinski definition) is 3. The van der Waals surface area contributed by atoms with Crippen molar-refractivity contribution in [3.05, 3.63) is 34.5 Å². The van der Waals surface area contributed by atoms with Crippen LogP contribution in [0, 0.1) is 0 Å². The van der Waals surface area contributed by atoms with Gasteiger partial charge in [0.25, 0.3) is 11.8 Å². The highest BCUT2D eigenvalue weighted by Gasteiger charge is 2.35. The summed E-state index contributed by atoms with van der Waals surface area (Å²) in [6.45, 7) is 0.738. The number of ether oxygens (including phenoxy) is 1. The summed E-state index contributed by atoms with van der Waals surface area (Å²) in [5, 5.41) is 19.6. The standard InChI is InChI=1S/C14H17N5O4S/c20-12(10-1-2-17-18-10)16-6-14(22)7-19(3-4-23-8-14)13(21)11-5-15-9-24-11/h1-2,5,9,22H,3-4,6-8H2,(H,16,20)(H,17,18)/t14-/m1/s1. The van der Waals surface area contributed by atoms with Gasteiger partial charge in [-0.05, 0) is 6.07 Å². The first-order valence-corrected chi connectivity index (χ1v) is 8.21. The first kappa shape index (κ1) is 16.6. The van der Waals surface area contributed by atoms with E-state index in [1.807, 2.05) is 0 Å². The molecule has 2 amide bonds. The monoisotopic (exact) mass is 351 g/mol. The summed E-state index contributed by atoms with van der Waals surface area (Å²) < 4.78 is 5.40. The van der Waals surface area contributed by atoms with E-state index in [0.29, 0.717) is 23.7 Å². The van der Waals surface area contributed by atoms with Crippen molar-refractivity contribution in [2.45, 2.75) is 5.60 Å². The predicted octanol–water partition coefficient (Wildman–Crippen LogP) is -0.500. The van der Waals surface area contributed by atoms with E-state index in [0.717, 1.165) is 0 Å². The largest absolute Gasteiger partial charge is 0.384 e. The van der Waals surface area contributed by atoms with Gasteiger partial charge in [-0.1, -0.05) is 0 Å². The normalized spacial score (nSPS) is 21.3. The highest BCUT2D eigenvalue weighted by atomic mass is 32.1. The summed E-state index contributed by atoms with van der Waals surface area (Å²) in [7, 11) is 0. The zero-order valence-corrected chi connectivity index (χ0v) is 13.6. The molecule has 0 bridgehead atoms. The van der Waals surface area contributed by atoms with Crippen molar-refractivity contribution in [1.82, 2.24) is 25.4 Å². The van der Waals surface area contributed by atoms with Gasteiger partial charge in [0.1, 0.15) is 16.2 Å². The van der Waals surface area contributed by atoms with Crippen LogP contribution in [-0.4, -0.2) is 75.5 Å². The topological polar surface area (TPSA) is 120 Å². The van der Waals surface area contributed by atoms with Crippen LogP contribution in [0.15, 0.2) is 24.0 Å². The van der Waals surface area contributed by atoms with Crippen molar-refractivity contribution < 1.29 is 19.4 Å². The maximum atomic E-state index is 12.5. The lowest BCUT2D eigenvalue weighted by Gasteiger charge is -2.30. The van der Waals surface area contributed by atoms with Crippen molar-refractivity contribution in [2.75, 3.05) is 32.8 Å². The Morgan fingerprint density at radius 2 is 2.42 bits per heavy atom. The molecular weight excluding hydrogens is 334 g/mol. The van der Waals surface area contributed by atoms with Crippen LogP contribution in [0.1, 0.15) is 20.2 Å². The summed E-state index contributed by atoms with van der Waals surface area (Å²) in [5.74, 6) is -0.591. The number of carbonyl (C=O) groups excluding carboxylic acids is 2. The molecule has 3 N–H and O–H groups in total. The number of aromatic amines is 1. The van der Waals surface area contributed by atoms with Gasteiger partial charge in [-0.2, -0.15) is 5.10 Å². The van der Waals surface area contributed by atoms with Gasteiger partial charge >= 0.3 is 0 Å². The van der Waals surface area contributed by atoms with Crippen LogP contribution in [0.4, 0.5) is 0 Å². The second kappa shape index (κ2) is 7.07. The summed E-state index contributed by atoms with van der Waals surface area (Å²) in [6, 6.07) is 1.53. The summed E-state index contributed by atoms with van der Waals surface area (Å²) in [4.78, 5) is 30.3. The average molecular weight is 351 g/mol. The van der Waals surface area contributed by atoms with Crippen LogP contribution in [0.5, 0.6) is 0 Å². The molecule has 3 rings (SSSR count). The number of amides is 2. The molecule has 10 heteroatoms. The Morgan fingerprint density at radius 3 is 3.12 bits per heavy atom. The molecule has 1 aliphatic heterocycles. The Labute approximate surface area is 141 Å². The highest BCUT2D eigenvalue weighted by molar-refractivity contribution is 7.11. The van der Waals surface area contributed by atoms with E-state index in [1.54, 1.807) is 5.51 Å². The van der Waals surface area contributed by atoms with E-state index in [4.69, 9.17) is 4.74 Å². The fourth-order valence-electron chi connectivity index (χ4n) is 2.40. The van der Waals surface area contributed by atoms with Gasteiger partial charge < -0.3 is 20.1 Å². The Kier molecular flexibility index (Phi) is 4.88. The molecule has 24 heavy (non-hydrogen) atoms. The first-order chi connectivity index (χ1) is 11.6. The van der Waals surface area contributed by atoms with E-state index in [2.05, 4.69) is 20.5 Å². The molecule has 0 spiro atoms. The summed E-state index contributed by atoms with van der Waals surface area (Å²) in [6.07, 6.45) is 2.96. The maximum absolute atomic E-state index is 12.5. The number of nitrogens with one attached hydrogen (secondary N) is 2. The average Bonchev–Trinajstić information content (AvgIpc) is 3.25. The molecule has 2 aromatic heterocycles. The lowest BCUT2D eigenvalue weighted by molar-refractivity contribution is -0.0324. The van der Waals surface area contributed by atoms with E-state index in [-0.39, 0.29) is 31.5 Å². The molecular formula is C14H17N5O4S. The zero-order chi connectivity index (χ0) is 17.0. The number of aromatic nitrogens is 3. The predicted molar refractivity (Wildman–Crippen MR) is 84.7 cm³/mol. The smallest absolute Gasteiger partial charge is 0.269 e. The Morgan fingerprint density at radius 1 is 1.54 bits per heavy atom. The van der Waals surface area contributed by atoms with Gasteiger partial charge in [0.2, 0.25) is 0 Å². The SMILES string of the molecule is O=C(NC[C@]1(O)COCCN(C(=O)c2cncs2)C1)c1ccn[nH]1. The highest BCUT2D eigenvalue weighted by Crippen LogP contribution is 2.16. The van der Waals surface area contributed by atoms with E-state index in [1.165, 1.54) is 34.7 Å². The number of hydrogen-bond acceptors (Lipinski definition) is 7. The van der Waals surface area contributed by atoms with Crippen molar-refractivity contribution in [1.29, 1.82) is 0 Å². The van der Waals surface area contributed by atoms with Crippen molar-refractivity contribution in [2.24, 2.45) is 0 Å². The summed E-state index contributed by atoms with van der Waals surface area (Å²) in [5.41, 5.74) is 0.510. The maximum Gasteiger partial charge on any atom is 0.269 e. The van der Waals surface area contributed by atoms with Crippen LogP contribution in [0.2, 0.25) is 0 Å². The third-order valence-electron chi connectivity index (χ3n) is 3.62. The molecule has 0 aromatic carbocycles. The molecule has 1 fully saturated rings. The molecule has 1 atom stereocenters.